The maximum Gasteiger partial charge on any atom is 0.167 e. The van der Waals surface area contributed by atoms with Crippen LogP contribution in [0.3, 0.4) is 0 Å². The average molecular weight is 553 g/mol. The van der Waals surface area contributed by atoms with Crippen LogP contribution in [0.2, 0.25) is 0 Å². The number of hydrogen-bond donors (Lipinski definition) is 0. The van der Waals surface area contributed by atoms with E-state index in [-0.39, 0.29) is 0 Å². The highest BCUT2D eigenvalue weighted by molar-refractivity contribution is 6.09. The lowest BCUT2D eigenvalue weighted by atomic mass is 10.1. The van der Waals surface area contributed by atoms with Crippen molar-refractivity contribution in [1.29, 1.82) is 0 Å². The third-order valence-electron chi connectivity index (χ3n) is 7.55. The van der Waals surface area contributed by atoms with Crippen LogP contribution in [0.25, 0.3) is 73.0 Å². The van der Waals surface area contributed by atoms with E-state index in [1.165, 1.54) is 10.8 Å². The lowest BCUT2D eigenvalue weighted by molar-refractivity contribution is 1.06. The van der Waals surface area contributed by atoms with Crippen LogP contribution in [0.4, 0.5) is 0 Å². The fourth-order valence-electron chi connectivity index (χ4n) is 5.52. The molecule has 0 fully saturated rings. The van der Waals surface area contributed by atoms with Gasteiger partial charge in [0.1, 0.15) is 0 Å². The monoisotopic (exact) mass is 552 g/mol. The highest BCUT2D eigenvalue weighted by Gasteiger charge is 2.15. The van der Waals surface area contributed by atoms with Gasteiger partial charge in [-0.05, 0) is 24.3 Å². The molecule has 0 saturated heterocycles. The Morgan fingerprint density at radius 3 is 1.40 bits per heavy atom. The fourth-order valence-corrected chi connectivity index (χ4v) is 5.52. The molecule has 0 saturated carbocycles. The summed E-state index contributed by atoms with van der Waals surface area (Å²) in [7, 11) is 0. The van der Waals surface area contributed by atoms with Crippen molar-refractivity contribution in [2.45, 2.75) is 0 Å². The Morgan fingerprint density at radius 2 is 0.837 bits per heavy atom. The molecule has 0 bridgehead atoms. The predicted molar refractivity (Wildman–Crippen MR) is 171 cm³/mol. The SMILES string of the molecule is c1ccc(-c2nc(-c3ccccc3)nc(-c3cnc(-c4cccc(-n5c6ccccc6c6ccccc65)c4)nc3)n2)cc1. The van der Waals surface area contributed by atoms with Gasteiger partial charge in [0, 0.05) is 45.5 Å². The van der Waals surface area contributed by atoms with Gasteiger partial charge in [-0.1, -0.05) is 109 Å². The summed E-state index contributed by atoms with van der Waals surface area (Å²) in [6, 6.07) is 45.2. The Balaban J connectivity index is 1.19. The van der Waals surface area contributed by atoms with Crippen molar-refractivity contribution >= 4 is 21.8 Å². The summed E-state index contributed by atoms with van der Waals surface area (Å²) in [6.07, 6.45) is 3.57. The summed E-state index contributed by atoms with van der Waals surface area (Å²) in [5, 5.41) is 2.46. The minimum atomic E-state index is 0.526. The number of rotatable bonds is 5. The Hall–Kier alpha value is -6.01. The van der Waals surface area contributed by atoms with Crippen LogP contribution >= 0.6 is 0 Å². The van der Waals surface area contributed by atoms with Gasteiger partial charge in [-0.2, -0.15) is 0 Å². The van der Waals surface area contributed by atoms with Crippen molar-refractivity contribution in [3.63, 3.8) is 0 Å². The number of fused-ring (bicyclic) bond motifs is 3. The Morgan fingerprint density at radius 1 is 0.372 bits per heavy atom. The first-order chi connectivity index (χ1) is 21.3. The summed E-state index contributed by atoms with van der Waals surface area (Å²) in [5.41, 5.74) is 6.87. The minimum Gasteiger partial charge on any atom is -0.309 e. The van der Waals surface area contributed by atoms with Crippen LogP contribution in [-0.4, -0.2) is 29.5 Å². The molecule has 6 nitrogen and oxygen atoms in total. The van der Waals surface area contributed by atoms with E-state index < -0.39 is 0 Å². The molecular formula is C37H24N6. The molecule has 8 aromatic rings. The van der Waals surface area contributed by atoms with Gasteiger partial charge in [0.15, 0.2) is 23.3 Å². The molecule has 202 valence electrons. The molecule has 0 atom stereocenters. The van der Waals surface area contributed by atoms with E-state index >= 15 is 0 Å². The molecule has 0 aliphatic carbocycles. The van der Waals surface area contributed by atoms with Crippen LogP contribution in [0.5, 0.6) is 0 Å². The molecule has 0 aliphatic heterocycles. The topological polar surface area (TPSA) is 69.4 Å². The maximum absolute atomic E-state index is 4.80. The number of hydrogen-bond acceptors (Lipinski definition) is 5. The van der Waals surface area contributed by atoms with Crippen LogP contribution in [0, 0.1) is 0 Å². The van der Waals surface area contributed by atoms with E-state index in [0.717, 1.165) is 39.0 Å². The molecule has 0 amide bonds. The lowest BCUT2D eigenvalue weighted by Gasteiger charge is -2.10. The molecule has 3 heterocycles. The standard InChI is InChI=1S/C37H24N6/c1-3-12-25(13-4-1)35-40-36(26-14-5-2-6-15-26)42-37(41-35)28-23-38-34(39-24-28)27-16-11-17-29(22-27)43-32-20-9-7-18-30(32)31-19-8-10-21-33(31)43/h1-24H. The Bertz CT molecular complexity index is 2110. The third-order valence-corrected chi connectivity index (χ3v) is 7.55. The second kappa shape index (κ2) is 10.4. The number of benzene rings is 5. The molecule has 0 N–H and O–H groups in total. The molecule has 3 aromatic heterocycles. The summed E-state index contributed by atoms with van der Waals surface area (Å²) < 4.78 is 2.30. The normalized spacial score (nSPS) is 11.3. The third kappa shape index (κ3) is 4.51. The van der Waals surface area contributed by atoms with Gasteiger partial charge in [-0.3, -0.25) is 0 Å². The van der Waals surface area contributed by atoms with Crippen LogP contribution in [0.15, 0.2) is 146 Å². The molecule has 0 radical (unpaired) electrons. The first-order valence-corrected chi connectivity index (χ1v) is 14.1. The minimum absolute atomic E-state index is 0.526. The van der Waals surface area contributed by atoms with Gasteiger partial charge in [0.2, 0.25) is 0 Å². The smallest absolute Gasteiger partial charge is 0.167 e. The molecule has 0 aliphatic rings. The Labute approximate surface area is 248 Å². The van der Waals surface area contributed by atoms with Crippen LogP contribution in [-0.2, 0) is 0 Å². The van der Waals surface area contributed by atoms with Crippen molar-refractivity contribution in [3.8, 4) is 51.2 Å². The zero-order valence-corrected chi connectivity index (χ0v) is 23.0. The maximum atomic E-state index is 4.80. The first-order valence-electron chi connectivity index (χ1n) is 14.1. The van der Waals surface area contributed by atoms with E-state index in [9.17, 15) is 0 Å². The molecule has 0 unspecified atom stereocenters. The van der Waals surface area contributed by atoms with Gasteiger partial charge in [-0.25, -0.2) is 24.9 Å². The summed E-state index contributed by atoms with van der Waals surface area (Å²) in [4.78, 5) is 23.9. The van der Waals surface area contributed by atoms with E-state index in [4.69, 9.17) is 24.9 Å². The number of aromatic nitrogens is 6. The second-order valence-electron chi connectivity index (χ2n) is 10.3. The molecular weight excluding hydrogens is 528 g/mol. The first kappa shape index (κ1) is 24.8. The van der Waals surface area contributed by atoms with Crippen LogP contribution in [0.1, 0.15) is 0 Å². The largest absolute Gasteiger partial charge is 0.309 e. The lowest BCUT2D eigenvalue weighted by Crippen LogP contribution is -2.01. The van der Waals surface area contributed by atoms with Gasteiger partial charge >= 0.3 is 0 Å². The van der Waals surface area contributed by atoms with Gasteiger partial charge in [0.05, 0.1) is 16.6 Å². The predicted octanol–water partition coefficient (Wildman–Crippen LogP) is 8.43. The molecule has 5 aromatic carbocycles. The highest BCUT2D eigenvalue weighted by Crippen LogP contribution is 2.33. The van der Waals surface area contributed by atoms with Crippen molar-refractivity contribution < 1.29 is 0 Å². The van der Waals surface area contributed by atoms with E-state index in [2.05, 4.69) is 71.3 Å². The van der Waals surface area contributed by atoms with Crippen molar-refractivity contribution in [2.24, 2.45) is 0 Å². The fraction of sp³-hybridized carbons (Fsp3) is 0. The van der Waals surface area contributed by atoms with Gasteiger partial charge in [0.25, 0.3) is 0 Å². The summed E-state index contributed by atoms with van der Waals surface area (Å²) >= 11 is 0. The number of para-hydroxylation sites is 2. The molecule has 43 heavy (non-hydrogen) atoms. The van der Waals surface area contributed by atoms with E-state index in [1.54, 1.807) is 12.4 Å². The van der Waals surface area contributed by atoms with Crippen molar-refractivity contribution in [3.05, 3.63) is 146 Å². The van der Waals surface area contributed by atoms with E-state index in [1.807, 2.05) is 66.7 Å². The molecule has 0 spiro atoms. The quantitative estimate of drug-likeness (QED) is 0.214. The Kier molecular flexibility index (Phi) is 6.01. The average Bonchev–Trinajstić information content (AvgIpc) is 3.43. The van der Waals surface area contributed by atoms with Crippen LogP contribution < -0.4 is 0 Å². The zero-order valence-electron chi connectivity index (χ0n) is 23.0. The number of nitrogens with zero attached hydrogens (tertiary/aromatic N) is 6. The van der Waals surface area contributed by atoms with Crippen molar-refractivity contribution in [1.82, 2.24) is 29.5 Å². The zero-order chi connectivity index (χ0) is 28.6. The second-order valence-corrected chi connectivity index (χ2v) is 10.3. The highest BCUT2D eigenvalue weighted by atomic mass is 15.0. The molecule has 8 rings (SSSR count). The van der Waals surface area contributed by atoms with Gasteiger partial charge < -0.3 is 4.57 Å². The summed E-state index contributed by atoms with van der Waals surface area (Å²) in [6.45, 7) is 0. The summed E-state index contributed by atoms with van der Waals surface area (Å²) in [5.74, 6) is 2.37. The van der Waals surface area contributed by atoms with Gasteiger partial charge in [-0.15, -0.1) is 0 Å². The van der Waals surface area contributed by atoms with E-state index in [0.29, 0.717) is 23.3 Å². The van der Waals surface area contributed by atoms with Crippen molar-refractivity contribution in [2.75, 3.05) is 0 Å². The molecule has 6 heteroatoms.